The average molecular weight is 418 g/mol. The molecule has 1 aromatic heterocycles. The molecule has 162 valence electrons. The molecule has 31 heavy (non-hydrogen) atoms. The molecule has 0 saturated heterocycles. The van der Waals surface area contributed by atoms with E-state index in [1.807, 2.05) is 74.5 Å². The number of aliphatic hydroxyl groups is 1. The van der Waals surface area contributed by atoms with Gasteiger partial charge in [0.25, 0.3) is 0 Å². The van der Waals surface area contributed by atoms with Crippen LogP contribution >= 0.6 is 0 Å². The van der Waals surface area contributed by atoms with Gasteiger partial charge in [-0.2, -0.15) is 0 Å². The maximum atomic E-state index is 12.9. The van der Waals surface area contributed by atoms with Gasteiger partial charge >= 0.3 is 0 Å². The summed E-state index contributed by atoms with van der Waals surface area (Å²) in [4.78, 5) is 17.3. The first-order valence-electron chi connectivity index (χ1n) is 11.1. The summed E-state index contributed by atoms with van der Waals surface area (Å²) in [7, 11) is 0. The zero-order valence-corrected chi connectivity index (χ0v) is 18.2. The Balaban J connectivity index is 1.37. The van der Waals surface area contributed by atoms with Gasteiger partial charge in [0, 0.05) is 23.5 Å². The molecule has 5 nitrogen and oxygen atoms in total. The second-order valence-electron chi connectivity index (χ2n) is 9.08. The van der Waals surface area contributed by atoms with Crippen molar-refractivity contribution in [2.24, 2.45) is 5.92 Å². The van der Waals surface area contributed by atoms with E-state index in [1.54, 1.807) is 6.20 Å². The number of fused-ring (bicyclic) bond motifs is 1. The molecule has 1 atom stereocenters. The molecule has 0 radical (unpaired) electrons. The minimum atomic E-state index is -0.878. The second kappa shape index (κ2) is 9.16. The van der Waals surface area contributed by atoms with Crippen LogP contribution in [-0.4, -0.2) is 27.6 Å². The zero-order chi connectivity index (χ0) is 21.8. The molecule has 5 heteroatoms. The Hall–Kier alpha value is -2.76. The van der Waals surface area contributed by atoms with Crippen LogP contribution < -0.4 is 10.6 Å². The van der Waals surface area contributed by atoms with Gasteiger partial charge in [-0.3, -0.25) is 9.78 Å². The molecule has 4 rings (SSSR count). The van der Waals surface area contributed by atoms with E-state index >= 15 is 0 Å². The Kier molecular flexibility index (Phi) is 6.35. The van der Waals surface area contributed by atoms with Crippen molar-refractivity contribution < 1.29 is 9.90 Å². The number of anilines is 1. The Morgan fingerprint density at radius 1 is 1.00 bits per heavy atom. The maximum Gasteiger partial charge on any atom is 0.227 e. The van der Waals surface area contributed by atoms with E-state index < -0.39 is 5.60 Å². The fraction of sp³-hybridized carbons (Fsp3) is 0.385. The summed E-state index contributed by atoms with van der Waals surface area (Å²) in [5, 5.41) is 18.5. The van der Waals surface area contributed by atoms with E-state index in [0.717, 1.165) is 47.8 Å². The number of aromatic nitrogens is 1. The number of para-hydroxylation sites is 1. The lowest BCUT2D eigenvalue weighted by Crippen LogP contribution is -2.46. The van der Waals surface area contributed by atoms with Gasteiger partial charge in [0.05, 0.1) is 22.8 Å². The SMILES string of the molecule is CC(C)(O)[C@@H](N[C@H]1CC[C@H](C(=O)Nc2cccc3cccnc23)CC1)c1ccccc1. The number of amides is 1. The Bertz CT molecular complexity index is 1020. The molecule has 0 unspecified atom stereocenters. The van der Waals surface area contributed by atoms with Crippen molar-refractivity contribution >= 4 is 22.5 Å². The number of nitrogens with zero attached hydrogens (tertiary/aromatic N) is 1. The molecule has 0 aliphatic heterocycles. The molecule has 1 aliphatic carbocycles. The standard InChI is InChI=1S/C26H31N3O2/c1-26(2,31)24(19-8-4-3-5-9-19)28-21-15-13-20(14-16-21)25(30)29-22-12-6-10-18-11-7-17-27-23(18)22/h3-12,17,20-21,24,28,31H,13-16H2,1-2H3,(H,29,30)/t20-,21-,24-/m0/s1. The lowest BCUT2D eigenvalue weighted by atomic mass is 9.83. The molecule has 3 N–H and O–H groups in total. The molecule has 1 fully saturated rings. The van der Waals surface area contributed by atoms with Crippen LogP contribution in [0.1, 0.15) is 51.1 Å². The van der Waals surface area contributed by atoms with Crippen LogP contribution in [0.2, 0.25) is 0 Å². The highest BCUT2D eigenvalue weighted by Crippen LogP contribution is 2.31. The third-order valence-corrected chi connectivity index (χ3v) is 6.23. The fourth-order valence-corrected chi connectivity index (χ4v) is 4.55. The predicted octanol–water partition coefficient (Wildman–Crippen LogP) is 4.83. The van der Waals surface area contributed by atoms with Gasteiger partial charge < -0.3 is 15.7 Å². The van der Waals surface area contributed by atoms with Crippen molar-refractivity contribution in [2.75, 3.05) is 5.32 Å². The highest BCUT2D eigenvalue weighted by Gasteiger charge is 2.33. The van der Waals surface area contributed by atoms with Crippen LogP contribution in [0.3, 0.4) is 0 Å². The van der Waals surface area contributed by atoms with Gasteiger partial charge in [0.2, 0.25) is 5.91 Å². The molecule has 1 heterocycles. The third kappa shape index (κ3) is 5.12. The normalized spacial score (nSPS) is 20.4. The molecule has 0 spiro atoms. The number of benzene rings is 2. The fourth-order valence-electron chi connectivity index (χ4n) is 4.55. The summed E-state index contributed by atoms with van der Waals surface area (Å²) >= 11 is 0. The van der Waals surface area contributed by atoms with E-state index in [9.17, 15) is 9.90 Å². The molecular weight excluding hydrogens is 386 g/mol. The van der Waals surface area contributed by atoms with Gasteiger partial charge in [-0.1, -0.05) is 48.5 Å². The van der Waals surface area contributed by atoms with Gasteiger partial charge in [-0.05, 0) is 57.2 Å². The summed E-state index contributed by atoms with van der Waals surface area (Å²) < 4.78 is 0. The monoisotopic (exact) mass is 417 g/mol. The van der Waals surface area contributed by atoms with E-state index in [1.165, 1.54) is 0 Å². The third-order valence-electron chi connectivity index (χ3n) is 6.23. The van der Waals surface area contributed by atoms with Gasteiger partial charge in [-0.25, -0.2) is 0 Å². The van der Waals surface area contributed by atoms with Crippen molar-refractivity contribution in [3.63, 3.8) is 0 Å². The van der Waals surface area contributed by atoms with Crippen LogP contribution in [0.4, 0.5) is 5.69 Å². The number of nitrogens with one attached hydrogen (secondary N) is 2. The molecular formula is C26H31N3O2. The maximum absolute atomic E-state index is 12.9. The number of hydrogen-bond acceptors (Lipinski definition) is 4. The second-order valence-corrected chi connectivity index (χ2v) is 9.08. The smallest absolute Gasteiger partial charge is 0.227 e. The summed E-state index contributed by atoms with van der Waals surface area (Å²) in [5.41, 5.74) is 1.80. The number of rotatable bonds is 6. The highest BCUT2D eigenvalue weighted by atomic mass is 16.3. The average Bonchev–Trinajstić information content (AvgIpc) is 2.78. The van der Waals surface area contributed by atoms with Gasteiger partial charge in [0.1, 0.15) is 0 Å². The zero-order valence-electron chi connectivity index (χ0n) is 18.2. The van der Waals surface area contributed by atoms with Gasteiger partial charge in [-0.15, -0.1) is 0 Å². The topological polar surface area (TPSA) is 74.2 Å². The van der Waals surface area contributed by atoms with Gasteiger partial charge in [0.15, 0.2) is 0 Å². The summed E-state index contributed by atoms with van der Waals surface area (Å²) in [6, 6.07) is 20.0. The molecule has 2 aromatic carbocycles. The van der Waals surface area contributed by atoms with Crippen molar-refractivity contribution in [3.05, 3.63) is 72.4 Å². The molecule has 0 bridgehead atoms. The Labute approximate surface area is 183 Å². The number of carbonyl (C=O) groups is 1. The van der Waals surface area contributed by atoms with Crippen molar-refractivity contribution in [1.29, 1.82) is 0 Å². The first-order chi connectivity index (χ1) is 14.9. The largest absolute Gasteiger partial charge is 0.388 e. The first kappa shape index (κ1) is 21.5. The number of pyridine rings is 1. The quantitative estimate of drug-likeness (QED) is 0.537. The van der Waals surface area contributed by atoms with E-state index in [4.69, 9.17) is 0 Å². The number of hydrogen-bond donors (Lipinski definition) is 3. The summed E-state index contributed by atoms with van der Waals surface area (Å²) in [6.07, 6.45) is 5.22. The van der Waals surface area contributed by atoms with Crippen molar-refractivity contribution in [3.8, 4) is 0 Å². The predicted molar refractivity (Wildman–Crippen MR) is 125 cm³/mol. The van der Waals surface area contributed by atoms with Crippen LogP contribution in [0, 0.1) is 5.92 Å². The van der Waals surface area contributed by atoms with Crippen molar-refractivity contribution in [2.45, 2.75) is 57.2 Å². The van der Waals surface area contributed by atoms with E-state index in [-0.39, 0.29) is 23.9 Å². The lowest BCUT2D eigenvalue weighted by Gasteiger charge is -2.37. The Morgan fingerprint density at radius 2 is 1.71 bits per heavy atom. The van der Waals surface area contributed by atoms with Crippen LogP contribution in [0.5, 0.6) is 0 Å². The first-order valence-corrected chi connectivity index (χ1v) is 11.1. The minimum Gasteiger partial charge on any atom is -0.388 e. The van der Waals surface area contributed by atoms with Crippen LogP contribution in [-0.2, 0) is 4.79 Å². The molecule has 3 aromatic rings. The molecule has 1 aliphatic rings. The number of carbonyl (C=O) groups excluding carboxylic acids is 1. The summed E-state index contributed by atoms with van der Waals surface area (Å²) in [6.45, 7) is 3.68. The summed E-state index contributed by atoms with van der Waals surface area (Å²) in [5.74, 6) is 0.0630. The molecule has 1 saturated carbocycles. The van der Waals surface area contributed by atoms with Crippen LogP contribution in [0.15, 0.2) is 66.9 Å². The molecule has 1 amide bonds. The minimum absolute atomic E-state index is 0.00525. The Morgan fingerprint density at radius 3 is 2.42 bits per heavy atom. The van der Waals surface area contributed by atoms with Crippen LogP contribution in [0.25, 0.3) is 10.9 Å². The highest BCUT2D eigenvalue weighted by molar-refractivity contribution is 6.01. The van der Waals surface area contributed by atoms with E-state index in [2.05, 4.69) is 15.6 Å². The van der Waals surface area contributed by atoms with E-state index in [0.29, 0.717) is 0 Å². The van der Waals surface area contributed by atoms with Crippen molar-refractivity contribution in [1.82, 2.24) is 10.3 Å². The lowest BCUT2D eigenvalue weighted by molar-refractivity contribution is -0.120.